The molecule has 0 spiro atoms. The molecule has 5 nitrogen and oxygen atoms in total. The highest BCUT2D eigenvalue weighted by Gasteiger charge is 2.17. The maximum atomic E-state index is 13.0. The predicted octanol–water partition coefficient (Wildman–Crippen LogP) is 2.47. The summed E-state index contributed by atoms with van der Waals surface area (Å²) in [5, 5.41) is 5.81. The molecule has 0 atom stereocenters. The molecule has 98 valence electrons. The molecule has 0 unspecified atom stereocenters. The van der Waals surface area contributed by atoms with Gasteiger partial charge in [0.05, 0.1) is 11.9 Å². The van der Waals surface area contributed by atoms with Crippen LogP contribution in [-0.4, -0.2) is 17.9 Å². The Labute approximate surface area is 105 Å². The second-order valence-electron chi connectivity index (χ2n) is 4.64. The normalized spacial score (nSPS) is 11.6. The van der Waals surface area contributed by atoms with Crippen LogP contribution in [0.2, 0.25) is 0 Å². The molecule has 1 amide bonds. The first kappa shape index (κ1) is 14.0. The van der Waals surface area contributed by atoms with Crippen molar-refractivity contribution in [3.63, 3.8) is 0 Å². The van der Waals surface area contributed by atoms with E-state index in [0.29, 0.717) is 11.3 Å². The van der Waals surface area contributed by atoms with Gasteiger partial charge in [0.1, 0.15) is 11.4 Å². The number of nitrogens with zero attached hydrogens (tertiary/aromatic N) is 1. The van der Waals surface area contributed by atoms with E-state index in [1.807, 2.05) is 0 Å². The van der Waals surface area contributed by atoms with E-state index in [1.165, 1.54) is 24.4 Å². The van der Waals surface area contributed by atoms with Crippen molar-refractivity contribution in [1.82, 2.24) is 0 Å². The molecule has 1 aromatic carbocycles. The van der Waals surface area contributed by atoms with Gasteiger partial charge in [0.25, 0.3) is 0 Å². The van der Waals surface area contributed by atoms with Crippen molar-refractivity contribution in [2.45, 2.75) is 26.4 Å². The molecular weight excluding hydrogens is 237 g/mol. The summed E-state index contributed by atoms with van der Waals surface area (Å²) in [5.41, 5.74) is 0.134. The second-order valence-corrected chi connectivity index (χ2v) is 4.64. The Morgan fingerprint density at radius 2 is 2.17 bits per heavy atom. The van der Waals surface area contributed by atoms with Gasteiger partial charge in [0.2, 0.25) is 0 Å². The van der Waals surface area contributed by atoms with E-state index in [-0.39, 0.29) is 0 Å². The van der Waals surface area contributed by atoms with Gasteiger partial charge in [0, 0.05) is 5.56 Å². The molecule has 0 aliphatic carbocycles. The summed E-state index contributed by atoms with van der Waals surface area (Å²) in [6.07, 6.45) is 0.622. The minimum atomic E-state index is -0.624. The number of carbonyl (C=O) groups is 1. The van der Waals surface area contributed by atoms with Crippen LogP contribution in [0.15, 0.2) is 23.3 Å². The van der Waals surface area contributed by atoms with Crippen molar-refractivity contribution in [2.24, 2.45) is 10.9 Å². The molecule has 0 saturated heterocycles. The highest BCUT2D eigenvalue weighted by molar-refractivity contribution is 5.94. The SMILES string of the molecule is CC(C)(C)OC(=O)Nc1ccc(F)cc1C=NN. The Morgan fingerprint density at radius 1 is 1.50 bits per heavy atom. The Hall–Kier alpha value is -2.11. The van der Waals surface area contributed by atoms with Gasteiger partial charge in [-0.25, -0.2) is 9.18 Å². The van der Waals surface area contributed by atoms with Gasteiger partial charge in [0.15, 0.2) is 0 Å². The van der Waals surface area contributed by atoms with Crippen molar-refractivity contribution in [3.05, 3.63) is 29.6 Å². The fourth-order valence-corrected chi connectivity index (χ4v) is 1.25. The summed E-state index contributed by atoms with van der Waals surface area (Å²) < 4.78 is 18.1. The molecule has 1 aromatic rings. The molecular formula is C12H16FN3O2. The topological polar surface area (TPSA) is 76.7 Å². The van der Waals surface area contributed by atoms with Crippen LogP contribution in [0.4, 0.5) is 14.9 Å². The van der Waals surface area contributed by atoms with Crippen molar-refractivity contribution < 1.29 is 13.9 Å². The molecule has 0 fully saturated rings. The molecule has 0 aliphatic rings. The van der Waals surface area contributed by atoms with Crippen LogP contribution in [0.1, 0.15) is 26.3 Å². The Bertz CT molecular complexity index is 467. The zero-order chi connectivity index (χ0) is 13.8. The van der Waals surface area contributed by atoms with E-state index < -0.39 is 17.5 Å². The van der Waals surface area contributed by atoms with Crippen LogP contribution in [0.25, 0.3) is 0 Å². The van der Waals surface area contributed by atoms with Crippen molar-refractivity contribution >= 4 is 18.0 Å². The molecule has 0 aromatic heterocycles. The van der Waals surface area contributed by atoms with E-state index in [9.17, 15) is 9.18 Å². The van der Waals surface area contributed by atoms with Crippen LogP contribution in [-0.2, 0) is 4.74 Å². The highest BCUT2D eigenvalue weighted by Crippen LogP contribution is 2.17. The number of hydrogen-bond acceptors (Lipinski definition) is 4. The number of hydrazone groups is 1. The van der Waals surface area contributed by atoms with E-state index in [4.69, 9.17) is 10.6 Å². The first-order chi connectivity index (χ1) is 8.31. The molecule has 0 radical (unpaired) electrons. The third kappa shape index (κ3) is 4.40. The second kappa shape index (κ2) is 5.48. The van der Waals surface area contributed by atoms with Gasteiger partial charge in [-0.3, -0.25) is 5.32 Å². The predicted molar refractivity (Wildman–Crippen MR) is 68.0 cm³/mol. The van der Waals surface area contributed by atoms with Gasteiger partial charge in [-0.2, -0.15) is 5.10 Å². The van der Waals surface area contributed by atoms with Crippen molar-refractivity contribution in [3.8, 4) is 0 Å². The lowest BCUT2D eigenvalue weighted by atomic mass is 10.2. The third-order valence-corrected chi connectivity index (χ3v) is 1.86. The van der Waals surface area contributed by atoms with E-state index >= 15 is 0 Å². The van der Waals surface area contributed by atoms with Gasteiger partial charge in [-0.1, -0.05) is 0 Å². The molecule has 0 saturated carbocycles. The van der Waals surface area contributed by atoms with Gasteiger partial charge < -0.3 is 10.6 Å². The lowest BCUT2D eigenvalue weighted by Crippen LogP contribution is -2.27. The average molecular weight is 253 g/mol. The number of anilines is 1. The zero-order valence-corrected chi connectivity index (χ0v) is 10.5. The number of nitrogens with one attached hydrogen (secondary N) is 1. The average Bonchev–Trinajstić information content (AvgIpc) is 2.20. The van der Waals surface area contributed by atoms with Crippen LogP contribution in [0, 0.1) is 5.82 Å². The van der Waals surface area contributed by atoms with Gasteiger partial charge >= 0.3 is 6.09 Å². The number of rotatable bonds is 2. The van der Waals surface area contributed by atoms with Crippen molar-refractivity contribution in [1.29, 1.82) is 0 Å². The third-order valence-electron chi connectivity index (χ3n) is 1.86. The number of amides is 1. The Balaban J connectivity index is 2.87. The summed E-state index contributed by atoms with van der Waals surface area (Å²) in [6, 6.07) is 3.85. The Morgan fingerprint density at radius 3 is 2.72 bits per heavy atom. The maximum absolute atomic E-state index is 13.0. The molecule has 6 heteroatoms. The minimum absolute atomic E-state index is 0.364. The first-order valence-electron chi connectivity index (χ1n) is 5.34. The quantitative estimate of drug-likeness (QED) is 0.483. The number of benzene rings is 1. The van der Waals surface area contributed by atoms with E-state index in [0.717, 1.165) is 0 Å². The van der Waals surface area contributed by atoms with Crippen LogP contribution < -0.4 is 11.2 Å². The zero-order valence-electron chi connectivity index (χ0n) is 10.5. The van der Waals surface area contributed by atoms with Gasteiger partial charge in [-0.05, 0) is 39.0 Å². The van der Waals surface area contributed by atoms with Crippen molar-refractivity contribution in [2.75, 3.05) is 5.32 Å². The maximum Gasteiger partial charge on any atom is 0.412 e. The largest absolute Gasteiger partial charge is 0.444 e. The number of hydrogen-bond donors (Lipinski definition) is 2. The summed E-state index contributed by atoms with van der Waals surface area (Å²) in [4.78, 5) is 11.6. The molecule has 1 rings (SSSR count). The fraction of sp³-hybridized carbons (Fsp3) is 0.333. The standard InChI is InChI=1S/C12H16FN3O2/c1-12(2,3)18-11(17)16-10-5-4-9(13)6-8(10)7-15-14/h4-7H,14H2,1-3H3,(H,16,17). The minimum Gasteiger partial charge on any atom is -0.444 e. The number of nitrogens with two attached hydrogens (primary N) is 1. The molecule has 0 aliphatic heterocycles. The monoisotopic (exact) mass is 253 g/mol. The summed E-state index contributed by atoms with van der Waals surface area (Å²) in [6.45, 7) is 5.25. The fourth-order valence-electron chi connectivity index (χ4n) is 1.25. The smallest absolute Gasteiger partial charge is 0.412 e. The van der Waals surface area contributed by atoms with E-state index in [1.54, 1.807) is 20.8 Å². The molecule has 0 heterocycles. The highest BCUT2D eigenvalue weighted by atomic mass is 19.1. The number of carbonyl (C=O) groups excluding carboxylic acids is 1. The lowest BCUT2D eigenvalue weighted by molar-refractivity contribution is 0.0636. The first-order valence-corrected chi connectivity index (χ1v) is 5.34. The number of halogens is 1. The summed E-state index contributed by atoms with van der Waals surface area (Å²) >= 11 is 0. The van der Waals surface area contributed by atoms with Crippen LogP contribution in [0.3, 0.4) is 0 Å². The van der Waals surface area contributed by atoms with Crippen LogP contribution in [0.5, 0.6) is 0 Å². The Kier molecular flexibility index (Phi) is 4.25. The number of ether oxygens (including phenoxy) is 1. The van der Waals surface area contributed by atoms with Gasteiger partial charge in [-0.15, -0.1) is 0 Å². The van der Waals surface area contributed by atoms with Crippen LogP contribution >= 0.6 is 0 Å². The summed E-state index contributed by atoms with van der Waals surface area (Å²) in [5.74, 6) is 4.57. The summed E-state index contributed by atoms with van der Waals surface area (Å²) in [7, 11) is 0. The molecule has 18 heavy (non-hydrogen) atoms. The molecule has 3 N–H and O–H groups in total. The molecule has 0 bridgehead atoms. The lowest BCUT2D eigenvalue weighted by Gasteiger charge is -2.20. The van der Waals surface area contributed by atoms with E-state index in [2.05, 4.69) is 10.4 Å².